The number of hydrogen-bond acceptors (Lipinski definition) is 6. The Balaban J connectivity index is 1.44. The van der Waals surface area contributed by atoms with Gasteiger partial charge in [-0.3, -0.25) is 4.79 Å². The van der Waals surface area contributed by atoms with E-state index in [1.807, 2.05) is 68.4 Å². The lowest BCUT2D eigenvalue weighted by Crippen LogP contribution is -2.29. The van der Waals surface area contributed by atoms with E-state index in [1.165, 1.54) is 0 Å². The second-order valence-corrected chi connectivity index (χ2v) is 11.0. The minimum absolute atomic E-state index is 0.113. The number of carbonyl (C=O) groups is 2. The van der Waals surface area contributed by atoms with Gasteiger partial charge in [-0.25, -0.2) is 4.79 Å². The Morgan fingerprint density at radius 2 is 1.64 bits per heavy atom. The average molecular weight is 625 g/mol. The number of Topliss-reactive ketones (excluding diaryl/α,β-unsaturated/α-hetero) is 1. The van der Waals surface area contributed by atoms with E-state index in [2.05, 4.69) is 45.5 Å². The molecule has 4 aromatic carbocycles. The van der Waals surface area contributed by atoms with Crippen LogP contribution in [0.15, 0.2) is 100 Å². The Labute approximate surface area is 253 Å². The Morgan fingerprint density at radius 1 is 0.905 bits per heavy atom. The number of ether oxygens (including phenoxy) is 3. The fraction of sp³-hybridized carbons (Fsp3) is 0.200. The van der Waals surface area contributed by atoms with E-state index in [4.69, 9.17) is 14.2 Å². The molecule has 0 saturated heterocycles. The zero-order valence-electron chi connectivity index (χ0n) is 23.6. The van der Waals surface area contributed by atoms with Crippen molar-refractivity contribution in [1.82, 2.24) is 5.32 Å². The van der Waals surface area contributed by atoms with Crippen molar-refractivity contribution in [2.24, 2.45) is 0 Å². The minimum atomic E-state index is -0.664. The second-order valence-electron chi connectivity index (χ2n) is 10.2. The van der Waals surface area contributed by atoms with Crippen LogP contribution in [0.4, 0.5) is 0 Å². The number of allylic oxidation sites excluding steroid dienone is 2. The Kier molecular flexibility index (Phi) is 7.60. The van der Waals surface area contributed by atoms with E-state index in [0.29, 0.717) is 51.6 Å². The first kappa shape index (κ1) is 27.8. The molecule has 0 spiro atoms. The van der Waals surface area contributed by atoms with Crippen molar-refractivity contribution >= 4 is 44.2 Å². The highest BCUT2D eigenvalue weighted by molar-refractivity contribution is 9.10. The van der Waals surface area contributed by atoms with Gasteiger partial charge >= 0.3 is 5.97 Å². The molecular weight excluding hydrogens is 594 g/mol. The first-order valence-electron chi connectivity index (χ1n) is 14.0. The van der Waals surface area contributed by atoms with Gasteiger partial charge in [-0.05, 0) is 70.7 Å². The molecule has 0 aromatic heterocycles. The maximum Gasteiger partial charge on any atom is 0.336 e. The van der Waals surface area contributed by atoms with Crippen molar-refractivity contribution in [3.8, 4) is 11.5 Å². The highest BCUT2D eigenvalue weighted by Crippen LogP contribution is 2.49. The maximum absolute atomic E-state index is 13.8. The zero-order valence-corrected chi connectivity index (χ0v) is 25.2. The lowest BCUT2D eigenvalue weighted by atomic mass is 9.79. The third kappa shape index (κ3) is 4.77. The van der Waals surface area contributed by atoms with Gasteiger partial charge in [-0.15, -0.1) is 0 Å². The SMILES string of the molecule is CCOC(=O)C1=C(C)NC2=C(C(=O)c3ccccc32)[C@@H]1c1cc(Br)c(OCc2cccc3ccccc23)c(OCC)c1. The Hall–Kier alpha value is -4.36. The normalized spacial score (nSPS) is 15.8. The monoisotopic (exact) mass is 623 g/mol. The molecule has 0 saturated carbocycles. The van der Waals surface area contributed by atoms with E-state index in [0.717, 1.165) is 33.2 Å². The number of dihydropyridines is 1. The first-order valence-corrected chi connectivity index (χ1v) is 14.8. The van der Waals surface area contributed by atoms with Crippen LogP contribution in [0.1, 0.15) is 53.7 Å². The van der Waals surface area contributed by atoms with Gasteiger partial charge in [0.15, 0.2) is 17.3 Å². The van der Waals surface area contributed by atoms with E-state index >= 15 is 0 Å². The summed E-state index contributed by atoms with van der Waals surface area (Å²) in [5.41, 5.74) is 5.49. The highest BCUT2D eigenvalue weighted by Gasteiger charge is 2.43. The number of nitrogens with one attached hydrogen (secondary N) is 1. The van der Waals surface area contributed by atoms with Crippen LogP contribution >= 0.6 is 15.9 Å². The van der Waals surface area contributed by atoms with Gasteiger partial charge < -0.3 is 19.5 Å². The number of hydrogen-bond donors (Lipinski definition) is 1. The molecule has 1 atom stereocenters. The highest BCUT2D eigenvalue weighted by atomic mass is 79.9. The molecule has 7 heteroatoms. The van der Waals surface area contributed by atoms with Gasteiger partial charge in [-0.2, -0.15) is 0 Å². The van der Waals surface area contributed by atoms with Gasteiger partial charge in [0.2, 0.25) is 0 Å². The number of halogens is 1. The van der Waals surface area contributed by atoms with E-state index in [-0.39, 0.29) is 12.4 Å². The van der Waals surface area contributed by atoms with Crippen LogP contribution in [0.3, 0.4) is 0 Å². The van der Waals surface area contributed by atoms with Crippen molar-refractivity contribution < 1.29 is 23.8 Å². The van der Waals surface area contributed by atoms with Crippen molar-refractivity contribution in [2.75, 3.05) is 13.2 Å². The number of carbonyl (C=O) groups excluding carboxylic acids is 2. The molecule has 0 fully saturated rings. The largest absolute Gasteiger partial charge is 0.490 e. The van der Waals surface area contributed by atoms with Crippen molar-refractivity contribution in [3.05, 3.63) is 122 Å². The Morgan fingerprint density at radius 3 is 2.43 bits per heavy atom. The van der Waals surface area contributed by atoms with Crippen LogP contribution in [0, 0.1) is 0 Å². The summed E-state index contributed by atoms with van der Waals surface area (Å²) in [4.78, 5) is 27.2. The third-order valence-corrected chi connectivity index (χ3v) is 8.25. The van der Waals surface area contributed by atoms with Gasteiger partial charge in [0.05, 0.1) is 29.0 Å². The van der Waals surface area contributed by atoms with Crippen LogP contribution in [0.25, 0.3) is 16.5 Å². The van der Waals surface area contributed by atoms with E-state index in [1.54, 1.807) is 6.92 Å². The molecule has 1 N–H and O–H groups in total. The number of rotatable bonds is 8. The van der Waals surface area contributed by atoms with E-state index < -0.39 is 11.9 Å². The quantitative estimate of drug-likeness (QED) is 0.203. The van der Waals surface area contributed by atoms with Gasteiger partial charge in [-0.1, -0.05) is 66.7 Å². The number of ketones is 1. The molecule has 0 amide bonds. The topological polar surface area (TPSA) is 73.9 Å². The molecule has 1 heterocycles. The molecule has 1 aliphatic carbocycles. The molecule has 1 aliphatic heterocycles. The predicted molar refractivity (Wildman–Crippen MR) is 166 cm³/mol. The smallest absolute Gasteiger partial charge is 0.336 e. The summed E-state index contributed by atoms with van der Waals surface area (Å²) in [7, 11) is 0. The molecule has 2 aliphatic rings. The van der Waals surface area contributed by atoms with Crippen LogP contribution < -0.4 is 14.8 Å². The molecule has 6 rings (SSSR count). The summed E-state index contributed by atoms with van der Waals surface area (Å²) in [6.07, 6.45) is 0. The fourth-order valence-electron chi connectivity index (χ4n) is 5.87. The summed E-state index contributed by atoms with van der Waals surface area (Å²) in [6.45, 7) is 6.48. The number of esters is 1. The summed E-state index contributed by atoms with van der Waals surface area (Å²) in [5, 5.41) is 5.61. The Bertz CT molecular complexity index is 1800. The third-order valence-electron chi connectivity index (χ3n) is 7.66. The van der Waals surface area contributed by atoms with Crippen LogP contribution in [0.2, 0.25) is 0 Å². The molecule has 42 heavy (non-hydrogen) atoms. The van der Waals surface area contributed by atoms with Crippen LogP contribution in [-0.2, 0) is 16.1 Å². The summed E-state index contributed by atoms with van der Waals surface area (Å²) in [6, 6.07) is 25.6. The molecule has 212 valence electrons. The standard InChI is InChI=1S/C35H30BrNO5/c1-4-40-28-18-23(17-27(36)34(28)42-19-22-13-10-12-21-11-6-7-14-24(21)22)30-29(35(39)41-5-2)20(3)37-32-25-15-8-9-16-26(25)33(38)31(30)32/h6-18,30,37H,4-5,19H2,1-3H3/t30-/m1/s1. The average Bonchev–Trinajstić information content (AvgIpc) is 3.27. The predicted octanol–water partition coefficient (Wildman–Crippen LogP) is 7.71. The van der Waals surface area contributed by atoms with Crippen LogP contribution in [0.5, 0.6) is 11.5 Å². The maximum atomic E-state index is 13.8. The van der Waals surface area contributed by atoms with Gasteiger partial charge in [0.25, 0.3) is 0 Å². The number of benzene rings is 4. The summed E-state index contributed by atoms with van der Waals surface area (Å²) >= 11 is 3.72. The van der Waals surface area contributed by atoms with Crippen molar-refractivity contribution in [1.29, 1.82) is 0 Å². The summed E-state index contributed by atoms with van der Waals surface area (Å²) < 4.78 is 18.6. The number of fused-ring (bicyclic) bond motifs is 3. The molecule has 0 radical (unpaired) electrons. The van der Waals surface area contributed by atoms with Crippen molar-refractivity contribution in [2.45, 2.75) is 33.3 Å². The molecule has 0 unspecified atom stereocenters. The van der Waals surface area contributed by atoms with Gasteiger partial charge in [0, 0.05) is 28.3 Å². The molecule has 0 bridgehead atoms. The fourth-order valence-corrected chi connectivity index (χ4v) is 6.44. The lowest BCUT2D eigenvalue weighted by molar-refractivity contribution is -0.138. The van der Waals surface area contributed by atoms with E-state index in [9.17, 15) is 9.59 Å². The molecule has 4 aromatic rings. The lowest BCUT2D eigenvalue weighted by Gasteiger charge is -2.30. The van der Waals surface area contributed by atoms with Crippen molar-refractivity contribution in [3.63, 3.8) is 0 Å². The minimum Gasteiger partial charge on any atom is -0.490 e. The zero-order chi connectivity index (χ0) is 29.4. The van der Waals surface area contributed by atoms with Gasteiger partial charge in [0.1, 0.15) is 6.61 Å². The molecule has 6 nitrogen and oxygen atoms in total. The second kappa shape index (κ2) is 11.5. The molecular formula is C35H30BrNO5. The van der Waals surface area contributed by atoms with Crippen LogP contribution in [-0.4, -0.2) is 25.0 Å². The summed E-state index contributed by atoms with van der Waals surface area (Å²) in [5.74, 6) is -0.170. The first-order chi connectivity index (χ1) is 20.4.